The van der Waals surface area contributed by atoms with Crippen molar-refractivity contribution in [3.05, 3.63) is 47.5 Å². The second-order valence-electron chi connectivity index (χ2n) is 12.5. The van der Waals surface area contributed by atoms with E-state index in [4.69, 9.17) is 14.2 Å². The third kappa shape index (κ3) is 4.68. The summed E-state index contributed by atoms with van der Waals surface area (Å²) in [5.41, 5.74) is -0.827. The molecule has 0 radical (unpaired) electrons. The molecule has 0 spiro atoms. The Labute approximate surface area is 235 Å². The summed E-state index contributed by atoms with van der Waals surface area (Å²) in [7, 11) is 0. The molecule has 1 aromatic carbocycles. The molecule has 0 unspecified atom stereocenters. The molecule has 0 aromatic heterocycles. The zero-order chi connectivity index (χ0) is 28.7. The van der Waals surface area contributed by atoms with E-state index in [0.29, 0.717) is 19.3 Å². The number of carbonyl (C=O) groups is 4. The van der Waals surface area contributed by atoms with Crippen molar-refractivity contribution in [2.45, 2.75) is 83.8 Å². The number of ketones is 2. The van der Waals surface area contributed by atoms with Gasteiger partial charge in [-0.25, -0.2) is 4.79 Å². The minimum absolute atomic E-state index is 0.00954. The molecule has 4 aliphatic carbocycles. The molecule has 216 valence electrons. The molecule has 1 N–H and O–H groups in total. The van der Waals surface area contributed by atoms with Crippen LogP contribution in [0.5, 0.6) is 0 Å². The molecule has 8 heteroatoms. The quantitative estimate of drug-likeness (QED) is 0.482. The maximum Gasteiger partial charge on any atom is 0.509 e. The number of carbonyl (C=O) groups excluding carboxylic acids is 4. The van der Waals surface area contributed by atoms with Gasteiger partial charge in [0.05, 0.1) is 19.1 Å². The zero-order valence-electron chi connectivity index (χ0n) is 23.6. The standard InChI is InChI=1S/C32H40O8/c1-4-38-29(37)40-32(26(35)19-39-27(36)16-20-8-6-5-7-9-20)15-13-24-23-11-10-21-17-22(33)12-14-30(21,2)28(23)25(34)18-31(24,32)3/h5-9,17,23-25,28,34H,4,10-16,18-19H2,1-3H3/t23-,24-,25-,28+,30-,31-,32-/m0/s1. The maximum atomic E-state index is 14.0. The van der Waals surface area contributed by atoms with E-state index < -0.39 is 41.6 Å². The largest absolute Gasteiger partial charge is 0.509 e. The Morgan fingerprint density at radius 3 is 2.50 bits per heavy atom. The normalized spacial score (nSPS) is 36.4. The third-order valence-corrected chi connectivity index (χ3v) is 10.5. The van der Waals surface area contributed by atoms with Gasteiger partial charge in [-0.2, -0.15) is 0 Å². The first-order chi connectivity index (χ1) is 19.0. The highest BCUT2D eigenvalue weighted by molar-refractivity contribution is 5.93. The van der Waals surface area contributed by atoms with Gasteiger partial charge >= 0.3 is 12.1 Å². The Balaban J connectivity index is 1.41. The van der Waals surface area contributed by atoms with E-state index in [1.807, 2.05) is 37.3 Å². The van der Waals surface area contributed by atoms with Crippen molar-refractivity contribution in [3.8, 4) is 0 Å². The number of hydrogen-bond donors (Lipinski definition) is 1. The summed E-state index contributed by atoms with van der Waals surface area (Å²) in [5.74, 6) is -0.809. The highest BCUT2D eigenvalue weighted by atomic mass is 16.7. The lowest BCUT2D eigenvalue weighted by molar-refractivity contribution is -0.188. The van der Waals surface area contributed by atoms with Gasteiger partial charge in [-0.3, -0.25) is 14.4 Å². The predicted octanol–water partition coefficient (Wildman–Crippen LogP) is 4.76. The summed E-state index contributed by atoms with van der Waals surface area (Å²) in [4.78, 5) is 51.5. The van der Waals surface area contributed by atoms with Gasteiger partial charge in [-0.05, 0) is 80.3 Å². The molecule has 1 aromatic rings. The van der Waals surface area contributed by atoms with Crippen molar-refractivity contribution in [1.29, 1.82) is 0 Å². The van der Waals surface area contributed by atoms with Gasteiger partial charge in [0.15, 0.2) is 18.0 Å². The van der Waals surface area contributed by atoms with Crippen LogP contribution in [0.25, 0.3) is 0 Å². The number of allylic oxidation sites excluding steroid dienone is 1. The average molecular weight is 553 g/mol. The Kier molecular flexibility index (Phi) is 7.68. The van der Waals surface area contributed by atoms with Crippen LogP contribution in [0.4, 0.5) is 4.79 Å². The van der Waals surface area contributed by atoms with Crippen molar-refractivity contribution in [1.82, 2.24) is 0 Å². The van der Waals surface area contributed by atoms with E-state index >= 15 is 0 Å². The molecule has 40 heavy (non-hydrogen) atoms. The van der Waals surface area contributed by atoms with Crippen LogP contribution in [0.3, 0.4) is 0 Å². The van der Waals surface area contributed by atoms with Crippen molar-refractivity contribution in [2.24, 2.45) is 28.6 Å². The highest BCUT2D eigenvalue weighted by Gasteiger charge is 2.70. The van der Waals surface area contributed by atoms with Crippen LogP contribution in [0.15, 0.2) is 42.0 Å². The molecule has 0 heterocycles. The minimum atomic E-state index is -1.58. The van der Waals surface area contributed by atoms with E-state index in [1.54, 1.807) is 13.0 Å². The van der Waals surface area contributed by atoms with Crippen molar-refractivity contribution in [2.75, 3.05) is 13.2 Å². The van der Waals surface area contributed by atoms with Crippen molar-refractivity contribution < 1.29 is 38.5 Å². The van der Waals surface area contributed by atoms with Gasteiger partial charge in [0.25, 0.3) is 0 Å². The summed E-state index contributed by atoms with van der Waals surface area (Å²) >= 11 is 0. The first-order valence-electron chi connectivity index (χ1n) is 14.5. The number of rotatable bonds is 7. The van der Waals surface area contributed by atoms with E-state index in [0.717, 1.165) is 24.0 Å². The summed E-state index contributed by atoms with van der Waals surface area (Å²) in [6, 6.07) is 9.13. The molecule has 3 fully saturated rings. The monoisotopic (exact) mass is 552 g/mol. The van der Waals surface area contributed by atoms with Crippen LogP contribution in [0.1, 0.15) is 71.3 Å². The molecule has 3 saturated carbocycles. The lowest BCUT2D eigenvalue weighted by Gasteiger charge is -2.60. The molecular formula is C32H40O8. The smallest absolute Gasteiger partial charge is 0.457 e. The van der Waals surface area contributed by atoms with Gasteiger partial charge in [0, 0.05) is 11.8 Å². The van der Waals surface area contributed by atoms with Gasteiger partial charge in [-0.15, -0.1) is 0 Å². The molecule has 7 atom stereocenters. The molecule has 4 aliphatic rings. The Morgan fingerprint density at radius 2 is 1.77 bits per heavy atom. The van der Waals surface area contributed by atoms with Crippen molar-refractivity contribution >= 4 is 23.7 Å². The Bertz CT molecular complexity index is 1210. The van der Waals surface area contributed by atoms with Crippen LogP contribution in [-0.4, -0.2) is 53.7 Å². The first kappa shape index (κ1) is 28.5. The maximum absolute atomic E-state index is 14.0. The van der Waals surface area contributed by atoms with Gasteiger partial charge in [-0.1, -0.05) is 49.8 Å². The topological polar surface area (TPSA) is 116 Å². The number of aliphatic hydroxyl groups is 1. The number of aliphatic hydroxyl groups excluding tert-OH is 1. The number of esters is 1. The molecular weight excluding hydrogens is 512 g/mol. The van der Waals surface area contributed by atoms with Crippen molar-refractivity contribution in [3.63, 3.8) is 0 Å². The second-order valence-corrected chi connectivity index (χ2v) is 12.5. The van der Waals surface area contributed by atoms with Crippen LogP contribution >= 0.6 is 0 Å². The van der Waals surface area contributed by atoms with Crippen LogP contribution in [0.2, 0.25) is 0 Å². The number of Topliss-reactive ketones (excluding diaryl/α,β-unsaturated/α-hetero) is 1. The van der Waals surface area contributed by atoms with Crippen LogP contribution in [-0.2, 0) is 35.0 Å². The number of ether oxygens (including phenoxy) is 3. The fourth-order valence-corrected chi connectivity index (χ4v) is 8.72. The SMILES string of the molecule is CCOC(=O)O[C@]1(C(=O)COC(=O)Cc2ccccc2)CC[C@H]2[C@@H]3CCC4=CC(=O)CC[C@]4(C)[C@H]3[C@@H](O)C[C@@]21C. The average Bonchev–Trinajstić information content (AvgIpc) is 3.20. The Morgan fingerprint density at radius 1 is 1.02 bits per heavy atom. The molecule has 5 rings (SSSR count). The number of fused-ring (bicyclic) bond motifs is 5. The molecule has 0 aliphatic heterocycles. The lowest BCUT2D eigenvalue weighted by Crippen LogP contribution is -2.63. The summed E-state index contributed by atoms with van der Waals surface area (Å²) < 4.78 is 16.5. The minimum Gasteiger partial charge on any atom is -0.457 e. The molecule has 0 saturated heterocycles. The molecule has 0 amide bonds. The van der Waals surface area contributed by atoms with E-state index in [9.17, 15) is 24.3 Å². The van der Waals surface area contributed by atoms with Crippen LogP contribution in [0, 0.1) is 28.6 Å². The lowest BCUT2D eigenvalue weighted by atomic mass is 9.45. The van der Waals surface area contributed by atoms with E-state index in [-0.39, 0.29) is 54.8 Å². The third-order valence-electron chi connectivity index (χ3n) is 10.5. The second kappa shape index (κ2) is 10.8. The number of hydrogen-bond acceptors (Lipinski definition) is 8. The van der Waals surface area contributed by atoms with Gasteiger partial charge in [0.2, 0.25) is 5.78 Å². The Hall–Kier alpha value is -3.00. The molecule has 0 bridgehead atoms. The fourth-order valence-electron chi connectivity index (χ4n) is 8.72. The zero-order valence-corrected chi connectivity index (χ0v) is 23.6. The van der Waals surface area contributed by atoms with Gasteiger partial charge < -0.3 is 19.3 Å². The van der Waals surface area contributed by atoms with Crippen LogP contribution < -0.4 is 0 Å². The predicted molar refractivity (Wildman–Crippen MR) is 145 cm³/mol. The van der Waals surface area contributed by atoms with E-state index in [1.165, 1.54) is 0 Å². The number of benzene rings is 1. The fraction of sp³-hybridized carbons (Fsp3) is 0.625. The molecule has 8 nitrogen and oxygen atoms in total. The summed E-state index contributed by atoms with van der Waals surface area (Å²) in [6.45, 7) is 5.34. The summed E-state index contributed by atoms with van der Waals surface area (Å²) in [6.07, 6.45) is 4.07. The highest BCUT2D eigenvalue weighted by Crippen LogP contribution is 2.68. The van der Waals surface area contributed by atoms with E-state index in [2.05, 4.69) is 6.92 Å². The van der Waals surface area contributed by atoms with Gasteiger partial charge in [0.1, 0.15) is 0 Å². The first-order valence-corrected chi connectivity index (χ1v) is 14.5. The summed E-state index contributed by atoms with van der Waals surface area (Å²) in [5, 5.41) is 11.7.